The van der Waals surface area contributed by atoms with Gasteiger partial charge in [0.2, 0.25) is 0 Å². The molecule has 0 amide bonds. The average Bonchev–Trinajstić information content (AvgIpc) is 3.06. The van der Waals surface area contributed by atoms with Gasteiger partial charge in [-0.2, -0.15) is 0 Å². The van der Waals surface area contributed by atoms with E-state index in [1.165, 1.54) is 17.4 Å². The second-order valence-electron chi connectivity index (χ2n) is 7.08. The van der Waals surface area contributed by atoms with E-state index in [0.29, 0.717) is 25.6 Å². The van der Waals surface area contributed by atoms with Gasteiger partial charge >= 0.3 is 5.97 Å². The van der Waals surface area contributed by atoms with E-state index in [-0.39, 0.29) is 12.2 Å². The van der Waals surface area contributed by atoms with Gasteiger partial charge < -0.3 is 4.74 Å². The zero-order valence-electron chi connectivity index (χ0n) is 17.0. The third-order valence-corrected chi connectivity index (χ3v) is 6.63. The van der Waals surface area contributed by atoms with E-state index in [0.717, 1.165) is 15.6 Å². The molecule has 2 aromatic carbocycles. The van der Waals surface area contributed by atoms with E-state index in [4.69, 9.17) is 16.3 Å². The Hall–Kier alpha value is -2.74. The highest BCUT2D eigenvalue weighted by atomic mass is 79.9. The van der Waals surface area contributed by atoms with Crippen LogP contribution < -0.4 is 14.9 Å². The van der Waals surface area contributed by atoms with Crippen LogP contribution in [0, 0.1) is 0 Å². The first kappa shape index (κ1) is 22.5. The summed E-state index contributed by atoms with van der Waals surface area (Å²) < 4.78 is 8.31. The predicted molar refractivity (Wildman–Crippen MR) is 131 cm³/mol. The molecule has 1 atom stereocenters. The third-order valence-electron chi connectivity index (χ3n) is 4.91. The maximum Gasteiger partial charge on any atom is 0.338 e. The second-order valence-corrected chi connectivity index (χ2v) is 9.44. The van der Waals surface area contributed by atoms with Gasteiger partial charge in [0, 0.05) is 9.50 Å². The van der Waals surface area contributed by atoms with Crippen molar-refractivity contribution in [2.45, 2.75) is 13.0 Å². The highest BCUT2D eigenvalue weighted by Crippen LogP contribution is 2.31. The molecule has 0 bridgehead atoms. The fourth-order valence-electron chi connectivity index (χ4n) is 3.50. The number of carbonyl (C=O) groups excluding carboxylic acids is 1. The number of thiazole rings is 1. The van der Waals surface area contributed by atoms with Crippen molar-refractivity contribution < 1.29 is 9.53 Å². The molecule has 4 rings (SSSR count). The minimum Gasteiger partial charge on any atom is -0.458 e. The molecule has 3 aromatic rings. The number of allylic oxidation sites excluding steroid dienone is 1. The largest absolute Gasteiger partial charge is 0.458 e. The van der Waals surface area contributed by atoms with Gasteiger partial charge in [-0.3, -0.25) is 9.36 Å². The standard InChI is InChI=1S/C24H18BrClN2O3S/c1-3-11-31-23(30)20-14(2)27-24-28(21(20)16-7-9-18(26)10-8-16)22(29)19(32-24)13-15-5-4-6-17(25)12-15/h3-10,12-13,21H,1,11H2,2H3. The van der Waals surface area contributed by atoms with Gasteiger partial charge in [0.05, 0.1) is 21.8 Å². The summed E-state index contributed by atoms with van der Waals surface area (Å²) in [6.45, 7) is 5.41. The molecule has 1 aromatic heterocycles. The number of hydrogen-bond donors (Lipinski definition) is 0. The van der Waals surface area contributed by atoms with Crippen LogP contribution in [-0.2, 0) is 9.53 Å². The van der Waals surface area contributed by atoms with Crippen LogP contribution in [0.4, 0.5) is 0 Å². The lowest BCUT2D eigenvalue weighted by atomic mass is 9.96. The molecule has 0 spiro atoms. The minimum absolute atomic E-state index is 0.0657. The highest BCUT2D eigenvalue weighted by Gasteiger charge is 2.33. The summed E-state index contributed by atoms with van der Waals surface area (Å²) in [5.41, 5.74) is 2.22. The topological polar surface area (TPSA) is 60.7 Å². The lowest BCUT2D eigenvalue weighted by Crippen LogP contribution is -2.39. The van der Waals surface area contributed by atoms with Crippen molar-refractivity contribution in [3.05, 3.63) is 113 Å². The van der Waals surface area contributed by atoms with E-state index in [1.54, 1.807) is 35.8 Å². The van der Waals surface area contributed by atoms with Crippen molar-refractivity contribution in [2.75, 3.05) is 6.61 Å². The first-order chi connectivity index (χ1) is 15.4. The predicted octanol–water partition coefficient (Wildman–Crippen LogP) is 4.38. The maximum atomic E-state index is 13.5. The molecule has 2 heterocycles. The SMILES string of the molecule is C=CCOC(=O)C1=C(C)N=c2sc(=Cc3cccc(Br)c3)c(=O)n2C1c1ccc(Cl)cc1. The zero-order chi connectivity index (χ0) is 22.8. The Bertz CT molecular complexity index is 1420. The summed E-state index contributed by atoms with van der Waals surface area (Å²) in [6.07, 6.45) is 3.32. The van der Waals surface area contributed by atoms with Crippen molar-refractivity contribution in [3.63, 3.8) is 0 Å². The van der Waals surface area contributed by atoms with Crippen LogP contribution in [-0.4, -0.2) is 17.1 Å². The van der Waals surface area contributed by atoms with Gasteiger partial charge in [-0.15, -0.1) is 0 Å². The fourth-order valence-corrected chi connectivity index (χ4v) is 5.09. The van der Waals surface area contributed by atoms with E-state index in [2.05, 4.69) is 27.5 Å². The van der Waals surface area contributed by atoms with Gasteiger partial charge in [-0.1, -0.05) is 75.8 Å². The Morgan fingerprint density at radius 1 is 1.31 bits per heavy atom. The van der Waals surface area contributed by atoms with Crippen molar-refractivity contribution >= 4 is 50.9 Å². The van der Waals surface area contributed by atoms with Gasteiger partial charge in [0.1, 0.15) is 6.61 Å². The molecular weight excluding hydrogens is 512 g/mol. The average molecular weight is 530 g/mol. The molecule has 0 radical (unpaired) electrons. The number of fused-ring (bicyclic) bond motifs is 1. The van der Waals surface area contributed by atoms with Crippen molar-refractivity contribution in [2.24, 2.45) is 4.99 Å². The number of carbonyl (C=O) groups is 1. The van der Waals surface area contributed by atoms with E-state index in [9.17, 15) is 9.59 Å². The van der Waals surface area contributed by atoms with Crippen molar-refractivity contribution in [1.29, 1.82) is 0 Å². The fraction of sp³-hybridized carbons (Fsp3) is 0.125. The number of rotatable bonds is 5. The van der Waals surface area contributed by atoms with Gasteiger partial charge in [-0.25, -0.2) is 9.79 Å². The van der Waals surface area contributed by atoms with Gasteiger partial charge in [-0.05, 0) is 48.4 Å². The molecule has 5 nitrogen and oxygen atoms in total. The molecule has 1 unspecified atom stereocenters. The summed E-state index contributed by atoms with van der Waals surface area (Å²) in [4.78, 5) is 31.5. The minimum atomic E-state index is -0.675. The summed E-state index contributed by atoms with van der Waals surface area (Å²) in [6, 6.07) is 14.1. The van der Waals surface area contributed by atoms with E-state index in [1.807, 2.05) is 30.3 Å². The number of halogens is 2. The Morgan fingerprint density at radius 2 is 2.06 bits per heavy atom. The van der Waals surface area contributed by atoms with Crippen LogP contribution in [0.2, 0.25) is 5.02 Å². The number of nitrogens with zero attached hydrogens (tertiary/aromatic N) is 2. The number of ether oxygens (including phenoxy) is 1. The summed E-state index contributed by atoms with van der Waals surface area (Å²) in [5.74, 6) is -0.535. The Balaban J connectivity index is 1.94. The molecule has 162 valence electrons. The quantitative estimate of drug-likeness (QED) is 0.364. The molecule has 8 heteroatoms. The van der Waals surface area contributed by atoms with E-state index < -0.39 is 12.0 Å². The Kier molecular flexibility index (Phi) is 6.60. The molecule has 0 N–H and O–H groups in total. The number of esters is 1. The molecule has 0 fully saturated rings. The van der Waals surface area contributed by atoms with Gasteiger partial charge in [0.15, 0.2) is 4.80 Å². The molecule has 0 aliphatic carbocycles. The van der Waals surface area contributed by atoms with Crippen LogP contribution in [0.15, 0.2) is 86.7 Å². The first-order valence-electron chi connectivity index (χ1n) is 9.70. The van der Waals surface area contributed by atoms with Crippen LogP contribution in [0.5, 0.6) is 0 Å². The number of benzene rings is 2. The molecule has 1 aliphatic heterocycles. The molecule has 1 aliphatic rings. The second kappa shape index (κ2) is 9.40. The van der Waals surface area contributed by atoms with E-state index >= 15 is 0 Å². The third kappa shape index (κ3) is 4.41. The summed E-state index contributed by atoms with van der Waals surface area (Å²) >= 11 is 10.8. The number of aromatic nitrogens is 1. The molecule has 0 saturated heterocycles. The van der Waals surface area contributed by atoms with Crippen LogP contribution in [0.25, 0.3) is 6.08 Å². The summed E-state index contributed by atoms with van der Waals surface area (Å²) in [5, 5.41) is 0.562. The monoisotopic (exact) mass is 528 g/mol. The molecule has 0 saturated carbocycles. The first-order valence-corrected chi connectivity index (χ1v) is 11.7. The molecule has 32 heavy (non-hydrogen) atoms. The normalized spacial score (nSPS) is 15.8. The zero-order valence-corrected chi connectivity index (χ0v) is 20.2. The molecular formula is C24H18BrClN2O3S. The van der Waals surface area contributed by atoms with Crippen LogP contribution >= 0.6 is 38.9 Å². The smallest absolute Gasteiger partial charge is 0.338 e. The lowest BCUT2D eigenvalue weighted by molar-refractivity contribution is -0.138. The number of hydrogen-bond acceptors (Lipinski definition) is 5. The Morgan fingerprint density at radius 3 is 2.75 bits per heavy atom. The summed E-state index contributed by atoms with van der Waals surface area (Å²) in [7, 11) is 0. The maximum absolute atomic E-state index is 13.5. The highest BCUT2D eigenvalue weighted by molar-refractivity contribution is 9.10. The van der Waals surface area contributed by atoms with Crippen molar-refractivity contribution in [1.82, 2.24) is 4.57 Å². The van der Waals surface area contributed by atoms with Crippen molar-refractivity contribution in [3.8, 4) is 0 Å². The van der Waals surface area contributed by atoms with Gasteiger partial charge in [0.25, 0.3) is 5.56 Å². The lowest BCUT2D eigenvalue weighted by Gasteiger charge is -2.24. The van der Waals surface area contributed by atoms with Crippen LogP contribution in [0.1, 0.15) is 24.1 Å². The Labute approximate surface area is 201 Å². The van der Waals surface area contributed by atoms with Crippen LogP contribution in [0.3, 0.4) is 0 Å².